The molecule has 0 bridgehead atoms. The van der Waals surface area contributed by atoms with Gasteiger partial charge in [-0.05, 0) is 56.3 Å². The van der Waals surface area contributed by atoms with E-state index in [0.29, 0.717) is 22.0 Å². The molecular formula is C18H15Cl2N3O4S. The van der Waals surface area contributed by atoms with Gasteiger partial charge in [0, 0.05) is 16.3 Å². The molecular weight excluding hydrogens is 425 g/mol. The van der Waals surface area contributed by atoms with E-state index in [9.17, 15) is 13.2 Å². The van der Waals surface area contributed by atoms with Crippen LogP contribution < -0.4 is 10.0 Å². The zero-order valence-electron chi connectivity index (χ0n) is 14.8. The number of rotatable bonds is 5. The van der Waals surface area contributed by atoms with Crippen LogP contribution in [0, 0.1) is 13.8 Å². The highest BCUT2D eigenvalue weighted by atomic mass is 35.5. The van der Waals surface area contributed by atoms with Gasteiger partial charge in [-0.3, -0.25) is 9.52 Å². The summed E-state index contributed by atoms with van der Waals surface area (Å²) < 4.78 is 32.3. The number of benzene rings is 2. The molecule has 0 aliphatic heterocycles. The van der Waals surface area contributed by atoms with Crippen LogP contribution in [0.3, 0.4) is 0 Å². The Balaban J connectivity index is 1.75. The first-order chi connectivity index (χ1) is 13.2. The lowest BCUT2D eigenvalue weighted by molar-refractivity contribution is 0.102. The van der Waals surface area contributed by atoms with E-state index >= 15 is 0 Å². The summed E-state index contributed by atoms with van der Waals surface area (Å²) in [6, 6.07) is 10.2. The largest absolute Gasteiger partial charge is 0.359 e. The second kappa shape index (κ2) is 7.83. The summed E-state index contributed by atoms with van der Waals surface area (Å²) in [5.74, 6) is 0.216. The third-order valence-electron chi connectivity index (χ3n) is 3.99. The van der Waals surface area contributed by atoms with E-state index in [2.05, 4.69) is 15.2 Å². The molecule has 1 heterocycles. The van der Waals surface area contributed by atoms with Crippen LogP contribution in [-0.4, -0.2) is 19.5 Å². The number of nitrogens with zero attached hydrogens (tertiary/aromatic N) is 1. The van der Waals surface area contributed by atoms with Gasteiger partial charge in [-0.15, -0.1) is 0 Å². The van der Waals surface area contributed by atoms with E-state index in [-0.39, 0.29) is 21.3 Å². The fourth-order valence-electron chi connectivity index (χ4n) is 2.29. The van der Waals surface area contributed by atoms with Gasteiger partial charge in [0.05, 0.1) is 15.5 Å². The molecule has 0 unspecified atom stereocenters. The zero-order valence-corrected chi connectivity index (χ0v) is 17.1. The average molecular weight is 440 g/mol. The summed E-state index contributed by atoms with van der Waals surface area (Å²) in [5.41, 5.74) is 1.26. The number of nitrogens with one attached hydrogen (secondary N) is 2. The highest BCUT2D eigenvalue weighted by Gasteiger charge is 2.19. The number of sulfonamides is 1. The van der Waals surface area contributed by atoms with Gasteiger partial charge in [0.25, 0.3) is 15.9 Å². The number of carbonyl (C=O) groups is 1. The Bertz CT molecular complexity index is 1140. The van der Waals surface area contributed by atoms with Crippen LogP contribution in [-0.2, 0) is 10.0 Å². The van der Waals surface area contributed by atoms with E-state index in [1.54, 1.807) is 19.9 Å². The first-order valence-electron chi connectivity index (χ1n) is 7.99. The SMILES string of the molecule is Cc1onc(NS(=O)(=O)c2ccc(NC(=O)c3ccc(Cl)cc3Cl)cc2)c1C. The lowest BCUT2D eigenvalue weighted by Gasteiger charge is -2.09. The number of aromatic nitrogens is 1. The molecule has 0 radical (unpaired) electrons. The van der Waals surface area contributed by atoms with Crippen molar-refractivity contribution in [2.75, 3.05) is 10.0 Å². The van der Waals surface area contributed by atoms with Gasteiger partial charge < -0.3 is 9.84 Å². The molecule has 0 aliphatic rings. The molecule has 0 saturated heterocycles. The Morgan fingerprint density at radius 2 is 1.75 bits per heavy atom. The number of halogens is 2. The molecule has 0 aliphatic carbocycles. The monoisotopic (exact) mass is 439 g/mol. The molecule has 0 saturated carbocycles. The van der Waals surface area contributed by atoms with Gasteiger partial charge in [-0.1, -0.05) is 28.4 Å². The number of hydrogen-bond donors (Lipinski definition) is 2. The first kappa shape index (κ1) is 20.2. The van der Waals surface area contributed by atoms with Crippen LogP contribution >= 0.6 is 23.2 Å². The Kier molecular flexibility index (Phi) is 5.64. The minimum atomic E-state index is -3.85. The lowest BCUT2D eigenvalue weighted by Crippen LogP contribution is -2.15. The molecule has 1 aromatic heterocycles. The summed E-state index contributed by atoms with van der Waals surface area (Å²) in [6.07, 6.45) is 0. The number of anilines is 2. The zero-order chi connectivity index (χ0) is 20.5. The van der Waals surface area contributed by atoms with Gasteiger partial charge in [0.2, 0.25) is 0 Å². The third kappa shape index (κ3) is 4.30. The van der Waals surface area contributed by atoms with E-state index in [0.717, 1.165) is 0 Å². The van der Waals surface area contributed by atoms with Crippen molar-refractivity contribution < 1.29 is 17.7 Å². The highest BCUT2D eigenvalue weighted by molar-refractivity contribution is 7.92. The summed E-state index contributed by atoms with van der Waals surface area (Å²) >= 11 is 11.8. The van der Waals surface area contributed by atoms with Crippen LogP contribution in [0.15, 0.2) is 51.9 Å². The number of hydrogen-bond acceptors (Lipinski definition) is 5. The van der Waals surface area contributed by atoms with Crippen molar-refractivity contribution in [1.29, 1.82) is 0 Å². The maximum Gasteiger partial charge on any atom is 0.263 e. The van der Waals surface area contributed by atoms with Crippen molar-refractivity contribution >= 4 is 50.6 Å². The van der Waals surface area contributed by atoms with Gasteiger partial charge in [0.15, 0.2) is 5.82 Å². The number of carbonyl (C=O) groups excluding carboxylic acids is 1. The number of aryl methyl sites for hydroxylation is 1. The summed E-state index contributed by atoms with van der Waals surface area (Å²) in [6.45, 7) is 3.38. The standard InChI is InChI=1S/C18H15Cl2N3O4S/c1-10-11(2)27-22-17(10)23-28(25,26)14-6-4-13(5-7-14)21-18(24)15-8-3-12(19)9-16(15)20/h3-9H,1-2H3,(H,21,24)(H,22,23). The van der Waals surface area contributed by atoms with Gasteiger partial charge in [0.1, 0.15) is 5.76 Å². The van der Waals surface area contributed by atoms with Crippen molar-refractivity contribution in [2.45, 2.75) is 18.7 Å². The van der Waals surface area contributed by atoms with Gasteiger partial charge in [-0.25, -0.2) is 8.42 Å². The molecule has 0 spiro atoms. The van der Waals surface area contributed by atoms with Crippen molar-refractivity contribution in [3.05, 3.63) is 69.4 Å². The van der Waals surface area contributed by atoms with Crippen LogP contribution in [0.1, 0.15) is 21.7 Å². The smallest absolute Gasteiger partial charge is 0.263 e. The fraction of sp³-hybridized carbons (Fsp3) is 0.111. The van der Waals surface area contributed by atoms with Crippen molar-refractivity contribution in [2.24, 2.45) is 0 Å². The molecule has 146 valence electrons. The molecule has 2 aromatic carbocycles. The summed E-state index contributed by atoms with van der Waals surface area (Å²) in [5, 5.41) is 6.97. The molecule has 7 nitrogen and oxygen atoms in total. The van der Waals surface area contributed by atoms with Crippen LogP contribution in [0.25, 0.3) is 0 Å². The van der Waals surface area contributed by atoms with Crippen molar-refractivity contribution in [1.82, 2.24) is 5.16 Å². The lowest BCUT2D eigenvalue weighted by atomic mass is 10.2. The maximum atomic E-state index is 12.5. The van der Waals surface area contributed by atoms with E-state index < -0.39 is 15.9 Å². The second-order valence-electron chi connectivity index (χ2n) is 5.92. The quantitative estimate of drug-likeness (QED) is 0.602. The number of amides is 1. The normalized spacial score (nSPS) is 11.3. The summed E-state index contributed by atoms with van der Waals surface area (Å²) in [7, 11) is -3.85. The van der Waals surface area contributed by atoms with Crippen LogP contribution in [0.5, 0.6) is 0 Å². The van der Waals surface area contributed by atoms with Gasteiger partial charge in [-0.2, -0.15) is 0 Å². The molecule has 0 atom stereocenters. The van der Waals surface area contributed by atoms with Crippen molar-refractivity contribution in [3.8, 4) is 0 Å². The summed E-state index contributed by atoms with van der Waals surface area (Å²) in [4.78, 5) is 12.3. The predicted octanol–water partition coefficient (Wildman–Crippen LogP) is 4.65. The minimum Gasteiger partial charge on any atom is -0.359 e. The molecule has 3 rings (SSSR count). The molecule has 0 fully saturated rings. The Morgan fingerprint density at radius 3 is 2.32 bits per heavy atom. The molecule has 3 aromatic rings. The average Bonchev–Trinajstić information content (AvgIpc) is 2.93. The molecule has 10 heteroatoms. The molecule has 2 N–H and O–H groups in total. The Labute approximate surface area is 171 Å². The van der Waals surface area contributed by atoms with Gasteiger partial charge >= 0.3 is 0 Å². The Hall–Kier alpha value is -2.55. The maximum absolute atomic E-state index is 12.5. The van der Waals surface area contributed by atoms with E-state index in [1.807, 2.05) is 0 Å². The first-order valence-corrected chi connectivity index (χ1v) is 10.2. The topological polar surface area (TPSA) is 101 Å². The Morgan fingerprint density at radius 1 is 1.07 bits per heavy atom. The fourth-order valence-corrected chi connectivity index (χ4v) is 3.84. The molecule has 28 heavy (non-hydrogen) atoms. The minimum absolute atomic E-state index is 0.00933. The third-order valence-corrected chi connectivity index (χ3v) is 5.89. The van der Waals surface area contributed by atoms with Crippen LogP contribution in [0.4, 0.5) is 11.5 Å². The second-order valence-corrected chi connectivity index (χ2v) is 8.45. The highest BCUT2D eigenvalue weighted by Crippen LogP contribution is 2.24. The van der Waals surface area contributed by atoms with Crippen molar-refractivity contribution in [3.63, 3.8) is 0 Å². The predicted molar refractivity (Wildman–Crippen MR) is 108 cm³/mol. The van der Waals surface area contributed by atoms with Crippen LogP contribution in [0.2, 0.25) is 10.0 Å². The van der Waals surface area contributed by atoms with E-state index in [4.69, 9.17) is 27.7 Å². The molecule has 1 amide bonds. The van der Waals surface area contributed by atoms with E-state index in [1.165, 1.54) is 36.4 Å².